The molecular formula is C15H23N3. The first-order valence-electron chi connectivity index (χ1n) is 7.18. The van der Waals surface area contributed by atoms with E-state index in [1.807, 2.05) is 18.5 Å². The van der Waals surface area contributed by atoms with E-state index in [1.54, 1.807) is 0 Å². The van der Waals surface area contributed by atoms with Crippen LogP contribution in [0.25, 0.3) is 0 Å². The van der Waals surface area contributed by atoms with Crippen LogP contribution >= 0.6 is 0 Å². The van der Waals surface area contributed by atoms with Crippen LogP contribution in [0.1, 0.15) is 37.7 Å². The molecule has 2 atom stereocenters. The average Bonchev–Trinajstić information content (AvgIpc) is 2.39. The second-order valence-electron chi connectivity index (χ2n) is 5.73. The third kappa shape index (κ3) is 2.43. The Kier molecular flexibility index (Phi) is 3.62. The third-order valence-corrected chi connectivity index (χ3v) is 4.62. The molecule has 0 aromatic carbocycles. The molecule has 2 aliphatic rings. The Bertz CT molecular complexity index is 365. The van der Waals surface area contributed by atoms with Crippen LogP contribution in [0.3, 0.4) is 0 Å². The van der Waals surface area contributed by atoms with E-state index in [-0.39, 0.29) is 0 Å². The van der Waals surface area contributed by atoms with Gasteiger partial charge in [0.1, 0.15) is 0 Å². The molecule has 2 saturated heterocycles. The Hall–Kier alpha value is -0.930. The van der Waals surface area contributed by atoms with E-state index in [2.05, 4.69) is 28.3 Å². The summed E-state index contributed by atoms with van der Waals surface area (Å²) in [5.41, 5.74) is 1.36. The van der Waals surface area contributed by atoms with Gasteiger partial charge < -0.3 is 5.32 Å². The van der Waals surface area contributed by atoms with Crippen molar-refractivity contribution in [3.63, 3.8) is 0 Å². The van der Waals surface area contributed by atoms with Crippen LogP contribution in [0, 0.1) is 0 Å². The van der Waals surface area contributed by atoms with E-state index in [9.17, 15) is 0 Å². The molecule has 2 aliphatic heterocycles. The molecule has 0 spiro atoms. The van der Waals surface area contributed by atoms with Crippen LogP contribution in [0.2, 0.25) is 0 Å². The normalized spacial score (nSPS) is 32.4. The van der Waals surface area contributed by atoms with Crippen LogP contribution in [0.15, 0.2) is 24.5 Å². The lowest BCUT2D eigenvalue weighted by Crippen LogP contribution is -2.55. The number of rotatable bonds is 3. The molecule has 3 heterocycles. The molecule has 1 aromatic heterocycles. The summed E-state index contributed by atoms with van der Waals surface area (Å²) in [6.07, 6.45) is 10.6. The van der Waals surface area contributed by atoms with Crippen molar-refractivity contribution in [1.29, 1.82) is 0 Å². The van der Waals surface area contributed by atoms with Gasteiger partial charge in [-0.05, 0) is 44.4 Å². The third-order valence-electron chi connectivity index (χ3n) is 4.62. The molecule has 2 fully saturated rings. The molecule has 0 amide bonds. The fourth-order valence-corrected chi connectivity index (χ4v) is 3.67. The van der Waals surface area contributed by atoms with Gasteiger partial charge in [-0.25, -0.2) is 0 Å². The number of aromatic nitrogens is 1. The highest BCUT2D eigenvalue weighted by atomic mass is 15.2. The van der Waals surface area contributed by atoms with E-state index in [4.69, 9.17) is 0 Å². The highest BCUT2D eigenvalue weighted by Crippen LogP contribution is 2.34. The molecule has 3 heteroatoms. The van der Waals surface area contributed by atoms with Gasteiger partial charge in [0.15, 0.2) is 0 Å². The molecule has 0 aliphatic carbocycles. The monoisotopic (exact) mass is 245 g/mol. The molecule has 2 unspecified atom stereocenters. The van der Waals surface area contributed by atoms with Gasteiger partial charge in [-0.2, -0.15) is 0 Å². The summed E-state index contributed by atoms with van der Waals surface area (Å²) in [6, 6.07) is 6.52. The standard InChI is InChI=1S/C15H23N3/c1-16-13-8-14-5-2-6-15(9-13)18(14)11-12-4-3-7-17-10-12/h3-4,7,10,13-16H,2,5-6,8-9,11H2,1H3. The van der Waals surface area contributed by atoms with Crippen molar-refractivity contribution >= 4 is 0 Å². The largest absolute Gasteiger partial charge is 0.317 e. The molecule has 98 valence electrons. The zero-order valence-electron chi connectivity index (χ0n) is 11.2. The minimum Gasteiger partial charge on any atom is -0.317 e. The fourth-order valence-electron chi connectivity index (χ4n) is 3.67. The van der Waals surface area contributed by atoms with E-state index in [0.29, 0.717) is 0 Å². The molecular weight excluding hydrogens is 222 g/mol. The van der Waals surface area contributed by atoms with Crippen molar-refractivity contribution in [2.75, 3.05) is 7.05 Å². The fraction of sp³-hybridized carbons (Fsp3) is 0.667. The number of nitrogens with zero attached hydrogens (tertiary/aromatic N) is 2. The highest BCUT2D eigenvalue weighted by Gasteiger charge is 2.37. The lowest BCUT2D eigenvalue weighted by molar-refractivity contribution is 0.0190. The van der Waals surface area contributed by atoms with Gasteiger partial charge in [0.2, 0.25) is 0 Å². The van der Waals surface area contributed by atoms with Gasteiger partial charge in [0, 0.05) is 37.1 Å². The SMILES string of the molecule is CNC1CC2CCCC(C1)N2Cc1cccnc1. The minimum atomic E-state index is 0.727. The van der Waals surface area contributed by atoms with E-state index < -0.39 is 0 Å². The van der Waals surface area contributed by atoms with E-state index in [1.165, 1.54) is 37.7 Å². The molecule has 3 nitrogen and oxygen atoms in total. The van der Waals surface area contributed by atoms with Crippen molar-refractivity contribution < 1.29 is 0 Å². The van der Waals surface area contributed by atoms with Crippen molar-refractivity contribution in [1.82, 2.24) is 15.2 Å². The summed E-state index contributed by atoms with van der Waals surface area (Å²) >= 11 is 0. The summed E-state index contributed by atoms with van der Waals surface area (Å²) in [4.78, 5) is 6.97. The Morgan fingerprint density at radius 3 is 2.72 bits per heavy atom. The van der Waals surface area contributed by atoms with Gasteiger partial charge in [-0.3, -0.25) is 9.88 Å². The van der Waals surface area contributed by atoms with Crippen LogP contribution in [-0.4, -0.2) is 35.1 Å². The second-order valence-corrected chi connectivity index (χ2v) is 5.73. The molecule has 3 rings (SSSR count). The maximum absolute atomic E-state index is 4.24. The summed E-state index contributed by atoms with van der Waals surface area (Å²) in [6.45, 7) is 1.08. The topological polar surface area (TPSA) is 28.2 Å². The van der Waals surface area contributed by atoms with Crippen LogP contribution in [0.4, 0.5) is 0 Å². The number of piperidine rings is 2. The van der Waals surface area contributed by atoms with Crippen LogP contribution < -0.4 is 5.32 Å². The van der Waals surface area contributed by atoms with Gasteiger partial charge in [-0.1, -0.05) is 12.5 Å². The molecule has 2 bridgehead atoms. The average molecular weight is 245 g/mol. The Morgan fingerprint density at radius 1 is 1.33 bits per heavy atom. The second kappa shape index (κ2) is 5.37. The van der Waals surface area contributed by atoms with Crippen molar-refractivity contribution in [2.45, 2.75) is 56.8 Å². The summed E-state index contributed by atoms with van der Waals surface area (Å²) in [5, 5.41) is 3.48. The lowest BCUT2D eigenvalue weighted by Gasteiger charge is -2.49. The van der Waals surface area contributed by atoms with Gasteiger partial charge >= 0.3 is 0 Å². The van der Waals surface area contributed by atoms with Crippen molar-refractivity contribution in [2.24, 2.45) is 0 Å². The van der Waals surface area contributed by atoms with Crippen molar-refractivity contribution in [3.05, 3.63) is 30.1 Å². The van der Waals surface area contributed by atoms with Gasteiger partial charge in [0.05, 0.1) is 0 Å². The van der Waals surface area contributed by atoms with Crippen LogP contribution in [0.5, 0.6) is 0 Å². The first-order valence-corrected chi connectivity index (χ1v) is 7.18. The van der Waals surface area contributed by atoms with Gasteiger partial charge in [-0.15, -0.1) is 0 Å². The molecule has 1 N–H and O–H groups in total. The summed E-state index contributed by atoms with van der Waals surface area (Å²) in [5.74, 6) is 0. The first-order chi connectivity index (χ1) is 8.86. The Labute approximate surface area is 110 Å². The predicted octanol–water partition coefficient (Wildman–Crippen LogP) is 2.19. The lowest BCUT2D eigenvalue weighted by atomic mass is 9.81. The smallest absolute Gasteiger partial charge is 0.0312 e. The first kappa shape index (κ1) is 12.1. The summed E-state index contributed by atoms with van der Waals surface area (Å²) < 4.78 is 0. The van der Waals surface area contributed by atoms with Crippen LogP contribution in [-0.2, 0) is 6.54 Å². The number of fused-ring (bicyclic) bond motifs is 2. The molecule has 0 radical (unpaired) electrons. The van der Waals surface area contributed by atoms with Gasteiger partial charge in [0.25, 0.3) is 0 Å². The minimum absolute atomic E-state index is 0.727. The predicted molar refractivity (Wildman–Crippen MR) is 73.3 cm³/mol. The zero-order valence-corrected chi connectivity index (χ0v) is 11.2. The number of hydrogen-bond acceptors (Lipinski definition) is 3. The highest BCUT2D eigenvalue weighted by molar-refractivity contribution is 5.10. The molecule has 1 aromatic rings. The maximum atomic E-state index is 4.24. The maximum Gasteiger partial charge on any atom is 0.0312 e. The number of nitrogens with one attached hydrogen (secondary N) is 1. The molecule has 18 heavy (non-hydrogen) atoms. The Morgan fingerprint density at radius 2 is 2.11 bits per heavy atom. The van der Waals surface area contributed by atoms with E-state index in [0.717, 1.165) is 24.7 Å². The molecule has 0 saturated carbocycles. The zero-order chi connectivity index (χ0) is 12.4. The summed E-state index contributed by atoms with van der Waals surface area (Å²) in [7, 11) is 2.11. The van der Waals surface area contributed by atoms with E-state index >= 15 is 0 Å². The number of hydrogen-bond donors (Lipinski definition) is 1. The quantitative estimate of drug-likeness (QED) is 0.885. The van der Waals surface area contributed by atoms with Crippen molar-refractivity contribution in [3.8, 4) is 0 Å². The number of pyridine rings is 1. The Balaban J connectivity index is 1.72.